The molecule has 8 nitrogen and oxygen atoms in total. The molecule has 3 heterocycles. The van der Waals surface area contributed by atoms with Crippen molar-refractivity contribution < 1.29 is 14.7 Å². The van der Waals surface area contributed by atoms with Crippen molar-refractivity contribution in [3.05, 3.63) is 52.4 Å². The van der Waals surface area contributed by atoms with Crippen LogP contribution in [0, 0.1) is 5.41 Å². The van der Waals surface area contributed by atoms with Gasteiger partial charge in [-0.1, -0.05) is 44.5 Å². The van der Waals surface area contributed by atoms with Crippen LogP contribution in [0.1, 0.15) is 69.5 Å². The van der Waals surface area contributed by atoms with Crippen LogP contribution in [0.4, 0.5) is 10.6 Å². The molecule has 0 spiro atoms. The highest BCUT2D eigenvalue weighted by Gasteiger charge is 2.46. The normalized spacial score (nSPS) is 19.3. The van der Waals surface area contributed by atoms with Crippen LogP contribution in [0.25, 0.3) is 0 Å². The van der Waals surface area contributed by atoms with E-state index in [0.717, 1.165) is 22.8 Å². The van der Waals surface area contributed by atoms with Gasteiger partial charge in [-0.15, -0.1) is 11.8 Å². The summed E-state index contributed by atoms with van der Waals surface area (Å²) < 4.78 is 0. The van der Waals surface area contributed by atoms with Crippen LogP contribution in [0.15, 0.2) is 30.6 Å². The van der Waals surface area contributed by atoms with Crippen molar-refractivity contribution >= 4 is 41.2 Å². The second-order valence-corrected chi connectivity index (χ2v) is 13.2. The summed E-state index contributed by atoms with van der Waals surface area (Å²) in [5.41, 5.74) is 2.58. The maximum atomic E-state index is 14.3. The van der Waals surface area contributed by atoms with E-state index in [1.807, 2.05) is 63.4 Å². The van der Waals surface area contributed by atoms with Crippen molar-refractivity contribution in [2.24, 2.45) is 5.41 Å². The van der Waals surface area contributed by atoms with Gasteiger partial charge < -0.3 is 19.8 Å². The monoisotopic (exact) mass is 559 g/mol. The van der Waals surface area contributed by atoms with Gasteiger partial charge in [0, 0.05) is 53.8 Å². The molecule has 1 aromatic heterocycles. The lowest BCUT2D eigenvalue weighted by molar-refractivity contribution is -0.136. The fourth-order valence-electron chi connectivity index (χ4n) is 5.70. The Morgan fingerprint density at radius 3 is 2.29 bits per heavy atom. The van der Waals surface area contributed by atoms with Crippen LogP contribution < -0.4 is 4.90 Å². The number of halogens is 1. The molecule has 0 bridgehead atoms. The number of aromatic nitrogens is 2. The number of carbonyl (C=O) groups is 2. The molecule has 10 heteroatoms. The number of anilines is 1. The SMILES string of the molecule is CC(C)N(C(=O)O)[C@@H](C(C(=O)N1CCN(c2ncnc3c2[C@H](C)SC3)CC1)c1ccc(Cl)cc1)C(C)(C)C. The number of carbonyl (C=O) groups excluding carboxylic acids is 1. The summed E-state index contributed by atoms with van der Waals surface area (Å²) >= 11 is 8.05. The third-order valence-electron chi connectivity index (χ3n) is 7.49. The van der Waals surface area contributed by atoms with Crippen LogP contribution in [0.5, 0.6) is 0 Å². The van der Waals surface area contributed by atoms with Crippen LogP contribution >= 0.6 is 23.4 Å². The van der Waals surface area contributed by atoms with E-state index in [1.165, 1.54) is 10.5 Å². The molecule has 1 saturated heterocycles. The van der Waals surface area contributed by atoms with Gasteiger partial charge in [-0.05, 0) is 43.9 Å². The quantitative estimate of drug-likeness (QED) is 0.487. The molecule has 0 radical (unpaired) electrons. The summed E-state index contributed by atoms with van der Waals surface area (Å²) in [6.07, 6.45) is 0.613. The van der Waals surface area contributed by atoms with Crippen LogP contribution in [0.3, 0.4) is 0 Å². The smallest absolute Gasteiger partial charge is 0.407 e. The van der Waals surface area contributed by atoms with Crippen molar-refractivity contribution in [2.75, 3.05) is 31.1 Å². The lowest BCUT2D eigenvalue weighted by atomic mass is 9.74. The van der Waals surface area contributed by atoms with E-state index in [-0.39, 0.29) is 11.9 Å². The first-order chi connectivity index (χ1) is 17.9. The highest BCUT2D eigenvalue weighted by atomic mass is 35.5. The fraction of sp³-hybridized carbons (Fsp3) is 0.571. The Labute approximate surface area is 234 Å². The zero-order valence-corrected chi connectivity index (χ0v) is 24.6. The standard InChI is InChI=1S/C28H38ClN5O3S/c1-17(2)34(27(36)37)24(28(4,5)6)23(19-7-9-20(29)10-8-19)26(35)33-13-11-32(12-14-33)25-22-18(3)38-15-21(22)30-16-31-25/h7-10,16-18,23-24H,11-15H2,1-6H3,(H,36,37)/t18-,23?,24-/m0/s1. The van der Waals surface area contributed by atoms with E-state index in [9.17, 15) is 14.7 Å². The second kappa shape index (κ2) is 11.3. The number of rotatable bonds is 6. The van der Waals surface area contributed by atoms with Gasteiger partial charge in [-0.3, -0.25) is 4.79 Å². The van der Waals surface area contributed by atoms with Crippen molar-refractivity contribution in [1.29, 1.82) is 0 Å². The van der Waals surface area contributed by atoms with Crippen molar-refractivity contribution in [3.8, 4) is 0 Å². The van der Waals surface area contributed by atoms with Crippen molar-refractivity contribution in [1.82, 2.24) is 19.8 Å². The summed E-state index contributed by atoms with van der Waals surface area (Å²) in [6.45, 7) is 14.3. The van der Waals surface area contributed by atoms with Gasteiger partial charge in [-0.25, -0.2) is 14.8 Å². The summed E-state index contributed by atoms with van der Waals surface area (Å²) in [5.74, 6) is 1.14. The number of piperazine rings is 1. The molecule has 4 rings (SSSR count). The topological polar surface area (TPSA) is 89.9 Å². The van der Waals surface area contributed by atoms with Gasteiger partial charge in [0.15, 0.2) is 0 Å². The van der Waals surface area contributed by atoms with Gasteiger partial charge >= 0.3 is 6.09 Å². The fourth-order valence-corrected chi connectivity index (χ4v) is 6.87. The number of thioether (sulfide) groups is 1. The molecule has 38 heavy (non-hydrogen) atoms. The third-order valence-corrected chi connectivity index (χ3v) is 8.92. The maximum absolute atomic E-state index is 14.3. The van der Waals surface area contributed by atoms with Crippen LogP contribution in [-0.2, 0) is 10.5 Å². The van der Waals surface area contributed by atoms with Gasteiger partial charge in [0.1, 0.15) is 12.1 Å². The summed E-state index contributed by atoms with van der Waals surface area (Å²) in [4.78, 5) is 41.5. The Balaban J connectivity index is 1.64. The van der Waals surface area contributed by atoms with Crippen molar-refractivity contribution in [2.45, 2.75) is 70.5 Å². The molecule has 0 aliphatic carbocycles. The lowest BCUT2D eigenvalue weighted by Crippen LogP contribution is -2.58. The minimum atomic E-state index is -1.03. The van der Waals surface area contributed by atoms with Gasteiger partial charge in [0.05, 0.1) is 17.7 Å². The molecular weight excluding hydrogens is 522 g/mol. The first kappa shape index (κ1) is 28.5. The minimum Gasteiger partial charge on any atom is -0.465 e. The number of carboxylic acid groups (broad SMARTS) is 1. The number of amides is 2. The first-order valence-electron chi connectivity index (χ1n) is 13.2. The Morgan fingerprint density at radius 1 is 1.11 bits per heavy atom. The number of hydrogen-bond donors (Lipinski definition) is 1. The average molecular weight is 560 g/mol. The van der Waals surface area contributed by atoms with E-state index in [1.54, 1.807) is 18.5 Å². The molecule has 2 aliphatic rings. The van der Waals surface area contributed by atoms with Crippen LogP contribution in [0.2, 0.25) is 5.02 Å². The highest BCUT2D eigenvalue weighted by Crippen LogP contribution is 2.44. The Kier molecular flexibility index (Phi) is 8.47. The van der Waals surface area contributed by atoms with Gasteiger partial charge in [-0.2, -0.15) is 0 Å². The highest BCUT2D eigenvalue weighted by molar-refractivity contribution is 7.99. The Bertz CT molecular complexity index is 1160. The maximum Gasteiger partial charge on any atom is 0.407 e. The van der Waals surface area contributed by atoms with E-state index < -0.39 is 23.5 Å². The summed E-state index contributed by atoms with van der Waals surface area (Å²) in [7, 11) is 0. The molecule has 1 unspecified atom stereocenters. The Morgan fingerprint density at radius 2 is 1.74 bits per heavy atom. The second-order valence-electron chi connectivity index (χ2n) is 11.4. The molecule has 2 aliphatic heterocycles. The predicted octanol–water partition coefficient (Wildman–Crippen LogP) is 5.67. The third kappa shape index (κ3) is 5.73. The molecule has 3 atom stereocenters. The van der Waals surface area contributed by atoms with E-state index in [0.29, 0.717) is 36.5 Å². The molecule has 1 aromatic carbocycles. The number of nitrogens with zero attached hydrogens (tertiary/aromatic N) is 5. The zero-order valence-electron chi connectivity index (χ0n) is 23.0. The molecule has 206 valence electrons. The number of hydrogen-bond acceptors (Lipinski definition) is 6. The summed E-state index contributed by atoms with van der Waals surface area (Å²) in [5, 5.41) is 11.1. The molecular formula is C28H38ClN5O3S. The predicted molar refractivity (Wildman–Crippen MR) is 153 cm³/mol. The largest absolute Gasteiger partial charge is 0.465 e. The van der Waals surface area contributed by atoms with Crippen molar-refractivity contribution in [3.63, 3.8) is 0 Å². The van der Waals surface area contributed by atoms with E-state index in [2.05, 4.69) is 21.8 Å². The Hall–Kier alpha value is -2.52. The van der Waals surface area contributed by atoms with Crippen LogP contribution in [-0.4, -0.2) is 75.1 Å². The molecule has 2 amide bonds. The molecule has 1 fully saturated rings. The van der Waals surface area contributed by atoms with Gasteiger partial charge in [0.25, 0.3) is 0 Å². The molecule has 2 aromatic rings. The summed E-state index contributed by atoms with van der Waals surface area (Å²) in [6, 6.07) is 6.37. The van der Waals surface area contributed by atoms with Gasteiger partial charge in [0.2, 0.25) is 5.91 Å². The van der Waals surface area contributed by atoms with E-state index in [4.69, 9.17) is 11.6 Å². The molecule has 0 saturated carbocycles. The molecule has 1 N–H and O–H groups in total. The average Bonchev–Trinajstić information content (AvgIpc) is 3.24. The van der Waals surface area contributed by atoms with E-state index >= 15 is 0 Å². The lowest BCUT2D eigenvalue weighted by Gasteiger charge is -2.46. The minimum absolute atomic E-state index is 0.0596. The number of benzene rings is 1. The first-order valence-corrected chi connectivity index (χ1v) is 14.6. The zero-order chi connectivity index (χ0) is 27.8. The number of fused-ring (bicyclic) bond motifs is 1.